The summed E-state index contributed by atoms with van der Waals surface area (Å²) < 4.78 is 2.35. The third-order valence-electron chi connectivity index (χ3n) is 13.4. The van der Waals surface area contributed by atoms with Crippen LogP contribution in [-0.4, -0.2) is 24.5 Å². The Kier molecular flexibility index (Phi) is 10.9. The maximum absolute atomic E-state index is 11.1. The normalized spacial score (nSPS) is 11.2. The molecule has 0 aliphatic carbocycles. The molecule has 0 bridgehead atoms. The third-order valence-corrected chi connectivity index (χ3v) is 13.4. The van der Waals surface area contributed by atoms with E-state index in [1.807, 2.05) is 97.1 Å². The minimum Gasteiger partial charge on any atom is -0.308 e. The summed E-state index contributed by atoms with van der Waals surface area (Å²) in [6.45, 7) is 4.31. The molecular formula is C65H44N6. The molecule has 0 saturated carbocycles. The first-order valence-electron chi connectivity index (χ1n) is 23.8. The molecule has 71 heavy (non-hydrogen) atoms. The van der Waals surface area contributed by atoms with E-state index in [2.05, 4.69) is 158 Å². The Morgan fingerprint density at radius 3 is 1.01 bits per heavy atom. The summed E-state index contributed by atoms with van der Waals surface area (Å²) >= 11 is 0. The van der Waals surface area contributed by atoms with Crippen molar-refractivity contribution in [1.29, 1.82) is 5.26 Å². The largest absolute Gasteiger partial charge is 0.308 e. The highest BCUT2D eigenvalue weighted by Gasteiger charge is 2.26. The molecule has 12 aromatic rings. The van der Waals surface area contributed by atoms with Crippen molar-refractivity contribution >= 4 is 21.8 Å². The predicted octanol–water partition coefficient (Wildman–Crippen LogP) is 16.2. The highest BCUT2D eigenvalue weighted by Crippen LogP contribution is 2.44. The van der Waals surface area contributed by atoms with Gasteiger partial charge in [-0.1, -0.05) is 194 Å². The monoisotopic (exact) mass is 908 g/mol. The fourth-order valence-corrected chi connectivity index (χ4v) is 9.83. The van der Waals surface area contributed by atoms with Gasteiger partial charge in [0.15, 0.2) is 11.6 Å². The Morgan fingerprint density at radius 2 is 0.676 bits per heavy atom. The van der Waals surface area contributed by atoms with Crippen molar-refractivity contribution < 1.29 is 0 Å². The van der Waals surface area contributed by atoms with Crippen LogP contribution in [0, 0.1) is 25.2 Å². The molecule has 6 nitrogen and oxygen atoms in total. The number of nitrogens with zero attached hydrogens (tertiary/aromatic N) is 6. The lowest BCUT2D eigenvalue weighted by Crippen LogP contribution is -2.07. The van der Waals surface area contributed by atoms with E-state index in [0.29, 0.717) is 28.3 Å². The van der Waals surface area contributed by atoms with Crippen molar-refractivity contribution in [1.82, 2.24) is 24.5 Å². The average molecular weight is 909 g/mol. The summed E-state index contributed by atoms with van der Waals surface area (Å²) in [7, 11) is 0. The van der Waals surface area contributed by atoms with Gasteiger partial charge in [-0.2, -0.15) is 5.26 Å². The van der Waals surface area contributed by atoms with E-state index in [9.17, 15) is 5.26 Å². The van der Waals surface area contributed by atoms with Crippen molar-refractivity contribution in [2.75, 3.05) is 0 Å². The molecule has 3 heterocycles. The number of aryl methyl sites for hydroxylation is 2. The molecule has 9 aromatic carbocycles. The quantitative estimate of drug-likeness (QED) is 0.144. The minimum atomic E-state index is 0.422. The Labute approximate surface area is 412 Å². The second-order valence-corrected chi connectivity index (χ2v) is 17.8. The van der Waals surface area contributed by atoms with E-state index in [4.69, 9.17) is 19.9 Å². The molecule has 0 amide bonds. The Balaban J connectivity index is 1.27. The van der Waals surface area contributed by atoms with E-state index in [1.54, 1.807) is 0 Å². The lowest BCUT2D eigenvalue weighted by Gasteiger charge is -2.20. The summed E-state index contributed by atoms with van der Waals surface area (Å²) in [6, 6.07) is 81.8. The zero-order valence-corrected chi connectivity index (χ0v) is 39.1. The van der Waals surface area contributed by atoms with Gasteiger partial charge in [0.05, 0.1) is 51.1 Å². The molecule has 334 valence electrons. The van der Waals surface area contributed by atoms with E-state index in [1.165, 1.54) is 11.1 Å². The molecule has 0 N–H and O–H groups in total. The second-order valence-electron chi connectivity index (χ2n) is 17.8. The number of benzene rings is 9. The number of hydrogen-bond donors (Lipinski definition) is 0. The van der Waals surface area contributed by atoms with Crippen molar-refractivity contribution in [3.63, 3.8) is 0 Å². The SMILES string of the molecule is Cc1ccccc1-c1ccc2c3ccc(-c4ccccc4C)cc3n(-c3c(-c4nc(-c5ccccc5)cc(-c5ccccc5)n4)cc(C#N)cc3-c3nc(-c4ccccc4)cc(-c4ccccc4)n3)c2c1. The van der Waals surface area contributed by atoms with Crippen molar-refractivity contribution in [3.8, 4) is 102 Å². The minimum absolute atomic E-state index is 0.422. The van der Waals surface area contributed by atoms with Gasteiger partial charge in [0.2, 0.25) is 0 Å². The zero-order chi connectivity index (χ0) is 47.8. The van der Waals surface area contributed by atoms with Gasteiger partial charge in [-0.25, -0.2) is 19.9 Å². The van der Waals surface area contributed by atoms with E-state index < -0.39 is 0 Å². The molecule has 0 saturated heterocycles. The lowest BCUT2D eigenvalue weighted by molar-refractivity contribution is 1.12. The van der Waals surface area contributed by atoms with Gasteiger partial charge >= 0.3 is 0 Å². The fourth-order valence-electron chi connectivity index (χ4n) is 9.83. The van der Waals surface area contributed by atoms with Gasteiger partial charge in [0, 0.05) is 44.2 Å². The number of hydrogen-bond acceptors (Lipinski definition) is 5. The lowest BCUT2D eigenvalue weighted by atomic mass is 9.98. The van der Waals surface area contributed by atoms with Crippen LogP contribution < -0.4 is 0 Å². The molecule has 0 aliphatic rings. The van der Waals surface area contributed by atoms with Crippen LogP contribution >= 0.6 is 0 Å². The van der Waals surface area contributed by atoms with E-state index in [-0.39, 0.29) is 0 Å². The van der Waals surface area contributed by atoms with E-state index >= 15 is 0 Å². The maximum atomic E-state index is 11.1. The van der Waals surface area contributed by atoms with Crippen molar-refractivity contribution in [2.45, 2.75) is 13.8 Å². The molecule has 3 aromatic heterocycles. The summed E-state index contributed by atoms with van der Waals surface area (Å²) in [5.41, 5.74) is 18.0. The summed E-state index contributed by atoms with van der Waals surface area (Å²) in [5.74, 6) is 0.919. The summed E-state index contributed by atoms with van der Waals surface area (Å²) in [6.07, 6.45) is 0. The van der Waals surface area contributed by atoms with Crippen molar-refractivity contribution in [3.05, 3.63) is 247 Å². The number of aromatic nitrogens is 5. The van der Waals surface area contributed by atoms with E-state index in [0.717, 1.165) is 94.8 Å². The van der Waals surface area contributed by atoms with Gasteiger partial charge in [-0.05, 0) is 83.6 Å². The summed E-state index contributed by atoms with van der Waals surface area (Å²) in [4.78, 5) is 21.8. The standard InChI is InChI=1S/C65H44N6/c1-42-19-15-17-29-51(42)49-31-33-53-54-34-32-50(52-30-18-16-20-43(52)2)38-62(54)71(61(53)37-49)63-55(64-67-57(45-21-7-3-8-22-45)39-58(68-64)46-23-9-4-10-24-46)35-44(41-66)36-56(63)65-69-59(47-25-11-5-12-26-47)40-60(70-65)48-27-13-6-14-28-48/h3-40H,1-2H3. The van der Waals surface area contributed by atoms with Gasteiger partial charge in [-0.3, -0.25) is 0 Å². The van der Waals surface area contributed by atoms with Crippen LogP contribution in [0.1, 0.15) is 16.7 Å². The van der Waals surface area contributed by atoms with Gasteiger partial charge in [0.1, 0.15) is 0 Å². The van der Waals surface area contributed by atoms with Crippen LogP contribution in [-0.2, 0) is 0 Å². The Bertz CT molecular complexity index is 3640. The van der Waals surface area contributed by atoms with Crippen LogP contribution in [0.4, 0.5) is 0 Å². The molecule has 6 heteroatoms. The summed E-state index contributed by atoms with van der Waals surface area (Å²) in [5, 5.41) is 13.3. The number of nitriles is 1. The highest BCUT2D eigenvalue weighted by molar-refractivity contribution is 6.12. The number of rotatable bonds is 9. The average Bonchev–Trinajstić information content (AvgIpc) is 3.76. The maximum Gasteiger partial charge on any atom is 0.162 e. The molecule has 0 fully saturated rings. The molecule has 12 rings (SSSR count). The zero-order valence-electron chi connectivity index (χ0n) is 39.1. The third kappa shape index (κ3) is 8.02. The van der Waals surface area contributed by atoms with Crippen LogP contribution in [0.15, 0.2) is 231 Å². The van der Waals surface area contributed by atoms with Crippen LogP contribution in [0.2, 0.25) is 0 Å². The van der Waals surface area contributed by atoms with Crippen molar-refractivity contribution in [2.24, 2.45) is 0 Å². The van der Waals surface area contributed by atoms with Crippen LogP contribution in [0.5, 0.6) is 0 Å². The van der Waals surface area contributed by atoms with Gasteiger partial charge in [0.25, 0.3) is 0 Å². The predicted molar refractivity (Wildman–Crippen MR) is 290 cm³/mol. The molecule has 0 aliphatic heterocycles. The molecule has 0 atom stereocenters. The highest BCUT2D eigenvalue weighted by atomic mass is 15.0. The first-order chi connectivity index (χ1) is 35.0. The Hall–Kier alpha value is -9.57. The first kappa shape index (κ1) is 42.8. The molecule has 0 unspecified atom stereocenters. The van der Waals surface area contributed by atoms with Gasteiger partial charge in [-0.15, -0.1) is 0 Å². The van der Waals surface area contributed by atoms with Crippen LogP contribution in [0.3, 0.4) is 0 Å². The molecule has 0 spiro atoms. The molecule has 0 radical (unpaired) electrons. The Morgan fingerprint density at radius 1 is 0.338 bits per heavy atom. The number of fused-ring (bicyclic) bond motifs is 3. The first-order valence-corrected chi connectivity index (χ1v) is 23.8. The second kappa shape index (κ2) is 18.2. The van der Waals surface area contributed by atoms with Gasteiger partial charge < -0.3 is 4.57 Å². The fraction of sp³-hybridized carbons (Fsp3) is 0.0308. The van der Waals surface area contributed by atoms with Crippen LogP contribution in [0.25, 0.3) is 118 Å². The molecular weight excluding hydrogens is 865 g/mol. The smallest absolute Gasteiger partial charge is 0.162 e. The topological polar surface area (TPSA) is 80.3 Å².